The Hall–Kier alpha value is -3.44. The fourth-order valence-corrected chi connectivity index (χ4v) is 5.72. The molecule has 194 valence electrons. The second-order valence-electron chi connectivity index (χ2n) is 10.4. The Morgan fingerprint density at radius 1 is 0.973 bits per heavy atom. The third-order valence-corrected chi connectivity index (χ3v) is 7.78. The minimum absolute atomic E-state index is 0.195. The van der Waals surface area contributed by atoms with Crippen LogP contribution in [0.25, 0.3) is 11.1 Å². The number of likely N-dealkylation sites (tertiary alicyclic amines) is 1. The number of allylic oxidation sites excluding steroid dienone is 1. The summed E-state index contributed by atoms with van der Waals surface area (Å²) in [4.78, 5) is 2.58. The smallest absolute Gasteiger partial charge is 0.150 e. The van der Waals surface area contributed by atoms with E-state index in [0.717, 1.165) is 45.9 Å². The van der Waals surface area contributed by atoms with E-state index >= 15 is 0 Å². The predicted molar refractivity (Wildman–Crippen MR) is 148 cm³/mol. The van der Waals surface area contributed by atoms with Crippen LogP contribution in [0.5, 0.6) is 23.0 Å². The van der Waals surface area contributed by atoms with Crippen LogP contribution >= 0.6 is 0 Å². The van der Waals surface area contributed by atoms with Crippen LogP contribution in [0.1, 0.15) is 69.2 Å². The van der Waals surface area contributed by atoms with E-state index in [1.165, 1.54) is 25.7 Å². The topological polar surface area (TPSA) is 62.2 Å². The molecule has 0 aliphatic carbocycles. The molecule has 2 heterocycles. The minimum Gasteiger partial charge on any atom is -0.508 e. The summed E-state index contributed by atoms with van der Waals surface area (Å²) in [7, 11) is 0. The zero-order valence-electron chi connectivity index (χ0n) is 22.0. The van der Waals surface area contributed by atoms with Crippen molar-refractivity contribution >= 4 is 11.1 Å². The number of benzene rings is 3. The zero-order chi connectivity index (χ0) is 25.9. The molecule has 1 saturated heterocycles. The Kier molecular flexibility index (Phi) is 7.43. The van der Waals surface area contributed by atoms with Crippen molar-refractivity contribution in [2.75, 3.05) is 13.2 Å². The molecule has 0 spiro atoms. The Morgan fingerprint density at radius 2 is 1.76 bits per heavy atom. The van der Waals surface area contributed by atoms with E-state index in [2.05, 4.69) is 30.9 Å². The first kappa shape index (κ1) is 25.2. The van der Waals surface area contributed by atoms with Crippen LogP contribution < -0.4 is 9.47 Å². The van der Waals surface area contributed by atoms with Crippen LogP contribution in [0, 0.1) is 0 Å². The summed E-state index contributed by atoms with van der Waals surface area (Å²) in [5, 5.41) is 20.3. The summed E-state index contributed by atoms with van der Waals surface area (Å²) in [5.74, 6) is 1.97. The number of hydrogen-bond acceptors (Lipinski definition) is 5. The van der Waals surface area contributed by atoms with Gasteiger partial charge < -0.3 is 19.7 Å². The van der Waals surface area contributed by atoms with Gasteiger partial charge in [-0.05, 0) is 99.3 Å². The molecule has 3 aromatic carbocycles. The third-order valence-electron chi connectivity index (χ3n) is 7.78. The monoisotopic (exact) mass is 499 g/mol. The normalized spacial score (nSPS) is 21.1. The van der Waals surface area contributed by atoms with E-state index in [1.807, 2.05) is 37.3 Å². The number of phenols is 2. The number of rotatable bonds is 6. The van der Waals surface area contributed by atoms with Gasteiger partial charge in [-0.3, -0.25) is 4.90 Å². The Morgan fingerprint density at radius 3 is 2.54 bits per heavy atom. The van der Waals surface area contributed by atoms with Crippen molar-refractivity contribution in [2.45, 2.75) is 64.6 Å². The van der Waals surface area contributed by atoms with E-state index in [-0.39, 0.29) is 17.6 Å². The van der Waals surface area contributed by atoms with Crippen LogP contribution in [0.4, 0.5) is 0 Å². The quantitative estimate of drug-likeness (QED) is 0.376. The van der Waals surface area contributed by atoms with Crippen molar-refractivity contribution in [3.63, 3.8) is 0 Å². The van der Waals surface area contributed by atoms with Crippen LogP contribution in [0.2, 0.25) is 0 Å². The number of fused-ring (bicyclic) bond motifs is 1. The number of aromatic hydroxyl groups is 2. The van der Waals surface area contributed by atoms with Crippen molar-refractivity contribution in [1.82, 2.24) is 4.90 Å². The highest BCUT2D eigenvalue weighted by atomic mass is 16.5. The average Bonchev–Trinajstić information content (AvgIpc) is 3.12. The standard InChI is InChI=1S/C32H37NO4/c1-21-8-5-4-6-17-33(21)22(2)20-36-28-14-11-24(12-15-28)32-31(25-9-7-10-26(34)18-25)23(3)29-19-27(35)13-16-30(29)37-32/h7,9-16,18-19,21-22,32,34-35H,4-6,8,17,20H2,1-3H3/t21-,22+,32?/m1/s1. The Balaban J connectivity index is 1.38. The molecule has 1 fully saturated rings. The van der Waals surface area contributed by atoms with Crippen LogP contribution in [-0.4, -0.2) is 40.3 Å². The number of ether oxygens (including phenoxy) is 2. The number of nitrogens with zero attached hydrogens (tertiary/aromatic N) is 1. The van der Waals surface area contributed by atoms with Crippen molar-refractivity contribution in [3.8, 4) is 23.0 Å². The molecule has 0 aromatic heterocycles. The maximum atomic E-state index is 10.2. The highest BCUT2D eigenvalue weighted by Crippen LogP contribution is 2.47. The molecule has 2 aliphatic rings. The summed E-state index contributed by atoms with van der Waals surface area (Å²) in [6.45, 7) is 8.44. The molecule has 3 atom stereocenters. The number of hydrogen-bond donors (Lipinski definition) is 2. The summed E-state index contributed by atoms with van der Waals surface area (Å²) >= 11 is 0. The maximum Gasteiger partial charge on any atom is 0.150 e. The van der Waals surface area contributed by atoms with Crippen molar-refractivity contribution < 1.29 is 19.7 Å². The predicted octanol–water partition coefficient (Wildman–Crippen LogP) is 7.19. The average molecular weight is 500 g/mol. The summed E-state index contributed by atoms with van der Waals surface area (Å²) in [6.07, 6.45) is 4.81. The van der Waals surface area contributed by atoms with Crippen molar-refractivity contribution in [1.29, 1.82) is 0 Å². The SMILES string of the molecule is CC1=C(c2cccc(O)c2)C(c2ccc(OC[C@H](C)N3CCCCC[C@H]3C)cc2)Oc2ccc(O)cc21. The van der Waals surface area contributed by atoms with Gasteiger partial charge in [0, 0.05) is 23.2 Å². The van der Waals surface area contributed by atoms with E-state index in [9.17, 15) is 10.2 Å². The highest BCUT2D eigenvalue weighted by molar-refractivity contribution is 5.95. The Labute approximate surface area is 220 Å². The minimum atomic E-state index is -0.357. The first-order chi connectivity index (χ1) is 17.9. The van der Waals surface area contributed by atoms with E-state index in [4.69, 9.17) is 9.47 Å². The van der Waals surface area contributed by atoms with Gasteiger partial charge in [0.15, 0.2) is 0 Å². The highest BCUT2D eigenvalue weighted by Gasteiger charge is 2.30. The first-order valence-corrected chi connectivity index (χ1v) is 13.4. The van der Waals surface area contributed by atoms with Crippen LogP contribution in [0.3, 0.4) is 0 Å². The Bertz CT molecular complexity index is 1270. The van der Waals surface area contributed by atoms with Crippen molar-refractivity contribution in [2.24, 2.45) is 0 Å². The first-order valence-electron chi connectivity index (χ1n) is 13.4. The van der Waals surface area contributed by atoms with E-state index in [1.54, 1.807) is 24.3 Å². The molecule has 3 aromatic rings. The second-order valence-corrected chi connectivity index (χ2v) is 10.4. The molecular formula is C32H37NO4. The van der Waals surface area contributed by atoms with Gasteiger partial charge >= 0.3 is 0 Å². The molecule has 0 saturated carbocycles. The molecule has 1 unspecified atom stereocenters. The largest absolute Gasteiger partial charge is 0.508 e. The maximum absolute atomic E-state index is 10.2. The van der Waals surface area contributed by atoms with Crippen LogP contribution in [0.15, 0.2) is 66.7 Å². The lowest BCUT2D eigenvalue weighted by atomic mass is 9.86. The lowest BCUT2D eigenvalue weighted by Crippen LogP contribution is -2.43. The van der Waals surface area contributed by atoms with Crippen LogP contribution in [-0.2, 0) is 0 Å². The summed E-state index contributed by atoms with van der Waals surface area (Å²) in [6, 6.07) is 21.5. The number of phenolic OH excluding ortho intramolecular Hbond substituents is 2. The van der Waals surface area contributed by atoms with Gasteiger partial charge in [0.2, 0.25) is 0 Å². The molecule has 2 aliphatic heterocycles. The molecule has 5 heteroatoms. The van der Waals surface area contributed by atoms with E-state index < -0.39 is 0 Å². The van der Waals surface area contributed by atoms with Crippen molar-refractivity contribution in [3.05, 3.63) is 83.4 Å². The fraction of sp³-hybridized carbons (Fsp3) is 0.375. The molecule has 5 rings (SSSR count). The fourth-order valence-electron chi connectivity index (χ4n) is 5.72. The zero-order valence-corrected chi connectivity index (χ0v) is 22.0. The van der Waals surface area contributed by atoms with Gasteiger partial charge in [0.1, 0.15) is 35.7 Å². The molecule has 37 heavy (non-hydrogen) atoms. The molecule has 0 radical (unpaired) electrons. The van der Waals surface area contributed by atoms with E-state index in [0.29, 0.717) is 18.7 Å². The lowest BCUT2D eigenvalue weighted by Gasteiger charge is -2.33. The molecule has 0 bridgehead atoms. The molecule has 0 amide bonds. The van der Waals surface area contributed by atoms with Gasteiger partial charge in [-0.2, -0.15) is 0 Å². The second kappa shape index (κ2) is 10.9. The molecular weight excluding hydrogens is 462 g/mol. The van der Waals surface area contributed by atoms with Gasteiger partial charge in [-0.15, -0.1) is 0 Å². The lowest BCUT2D eigenvalue weighted by molar-refractivity contribution is 0.112. The van der Waals surface area contributed by atoms with Gasteiger partial charge in [-0.25, -0.2) is 0 Å². The molecule has 5 nitrogen and oxygen atoms in total. The summed E-state index contributed by atoms with van der Waals surface area (Å²) < 4.78 is 12.7. The summed E-state index contributed by atoms with van der Waals surface area (Å²) in [5.41, 5.74) is 4.71. The van der Waals surface area contributed by atoms with Gasteiger partial charge in [-0.1, -0.05) is 37.1 Å². The molecule has 2 N–H and O–H groups in total. The third kappa shape index (κ3) is 5.47. The van der Waals surface area contributed by atoms with Gasteiger partial charge in [0.25, 0.3) is 0 Å². The van der Waals surface area contributed by atoms with Gasteiger partial charge in [0.05, 0.1) is 0 Å².